The van der Waals surface area contributed by atoms with Gasteiger partial charge in [0.15, 0.2) is 0 Å². The molecule has 104 valence electrons. The molecule has 0 spiro atoms. The lowest BCUT2D eigenvalue weighted by atomic mass is 9.61. The molecule has 3 rings (SSSR count). The molecule has 1 aromatic heterocycles. The van der Waals surface area contributed by atoms with Gasteiger partial charge in [-0.2, -0.15) is 0 Å². The summed E-state index contributed by atoms with van der Waals surface area (Å²) < 4.78 is 13.0. The van der Waals surface area contributed by atoms with Crippen LogP contribution in [-0.2, 0) is 5.60 Å². The SMILES string of the molecule is CC(O)(c1ccc(F)cn1)C1(CN)CC2CCC1C2. The van der Waals surface area contributed by atoms with Crippen LogP contribution in [-0.4, -0.2) is 16.6 Å². The molecule has 1 heterocycles. The van der Waals surface area contributed by atoms with Gasteiger partial charge in [-0.05, 0) is 50.2 Å². The van der Waals surface area contributed by atoms with E-state index in [1.165, 1.54) is 18.7 Å². The van der Waals surface area contributed by atoms with Gasteiger partial charge in [0.2, 0.25) is 0 Å². The first-order valence-corrected chi connectivity index (χ1v) is 7.04. The molecule has 2 aliphatic carbocycles. The number of nitrogens with zero attached hydrogens (tertiary/aromatic N) is 1. The Hall–Kier alpha value is -1.00. The number of rotatable bonds is 3. The summed E-state index contributed by atoms with van der Waals surface area (Å²) in [6, 6.07) is 2.94. The largest absolute Gasteiger partial charge is 0.383 e. The molecule has 0 aromatic carbocycles. The summed E-state index contributed by atoms with van der Waals surface area (Å²) in [4.78, 5) is 4.09. The zero-order chi connectivity index (χ0) is 13.7. The molecule has 2 aliphatic rings. The van der Waals surface area contributed by atoms with E-state index < -0.39 is 5.60 Å². The average molecular weight is 264 g/mol. The molecular weight excluding hydrogens is 243 g/mol. The molecule has 0 saturated heterocycles. The van der Waals surface area contributed by atoms with E-state index in [0.29, 0.717) is 24.1 Å². The Kier molecular flexibility index (Phi) is 2.91. The van der Waals surface area contributed by atoms with E-state index in [1.807, 2.05) is 0 Å². The van der Waals surface area contributed by atoms with Gasteiger partial charge < -0.3 is 10.8 Å². The standard InChI is InChI=1S/C15H21FN2O/c1-14(19,13-5-4-12(16)8-18-13)15(9-17)7-10-2-3-11(15)6-10/h4-5,8,10-11,19H,2-3,6-7,9,17H2,1H3. The molecular formula is C15H21FN2O. The van der Waals surface area contributed by atoms with Crippen molar-refractivity contribution in [3.05, 3.63) is 29.8 Å². The molecule has 0 radical (unpaired) electrons. The van der Waals surface area contributed by atoms with Gasteiger partial charge in [0.1, 0.15) is 11.4 Å². The lowest BCUT2D eigenvalue weighted by molar-refractivity contribution is -0.106. The van der Waals surface area contributed by atoms with Crippen molar-refractivity contribution in [1.29, 1.82) is 0 Å². The summed E-state index contributed by atoms with van der Waals surface area (Å²) in [5.74, 6) is 0.763. The van der Waals surface area contributed by atoms with E-state index in [1.54, 1.807) is 13.0 Å². The number of hydrogen-bond acceptors (Lipinski definition) is 3. The van der Waals surface area contributed by atoms with Gasteiger partial charge >= 0.3 is 0 Å². The van der Waals surface area contributed by atoms with Crippen molar-refractivity contribution >= 4 is 0 Å². The molecule has 4 atom stereocenters. The van der Waals surface area contributed by atoms with E-state index in [4.69, 9.17) is 5.73 Å². The molecule has 4 unspecified atom stereocenters. The topological polar surface area (TPSA) is 59.1 Å². The highest BCUT2D eigenvalue weighted by Crippen LogP contribution is 2.62. The number of halogens is 1. The van der Waals surface area contributed by atoms with Gasteiger partial charge in [0.25, 0.3) is 0 Å². The van der Waals surface area contributed by atoms with Crippen molar-refractivity contribution in [2.75, 3.05) is 6.54 Å². The lowest BCUT2D eigenvalue weighted by Crippen LogP contribution is -2.52. The zero-order valence-corrected chi connectivity index (χ0v) is 11.3. The van der Waals surface area contributed by atoms with Crippen LogP contribution >= 0.6 is 0 Å². The van der Waals surface area contributed by atoms with E-state index >= 15 is 0 Å². The Bertz CT molecular complexity index is 474. The molecule has 2 fully saturated rings. The quantitative estimate of drug-likeness (QED) is 0.880. The fourth-order valence-corrected chi connectivity index (χ4v) is 4.41. The third-order valence-corrected chi connectivity index (χ3v) is 5.54. The van der Waals surface area contributed by atoms with Crippen molar-refractivity contribution in [3.8, 4) is 0 Å². The number of aromatic nitrogens is 1. The first-order valence-electron chi connectivity index (χ1n) is 7.04. The monoisotopic (exact) mass is 264 g/mol. The fourth-order valence-electron chi connectivity index (χ4n) is 4.41. The van der Waals surface area contributed by atoms with E-state index in [9.17, 15) is 9.50 Å². The summed E-state index contributed by atoms with van der Waals surface area (Å²) >= 11 is 0. The minimum Gasteiger partial charge on any atom is -0.383 e. The number of pyridine rings is 1. The summed E-state index contributed by atoms with van der Waals surface area (Å²) in [7, 11) is 0. The second kappa shape index (κ2) is 4.25. The third-order valence-electron chi connectivity index (χ3n) is 5.54. The fraction of sp³-hybridized carbons (Fsp3) is 0.667. The Morgan fingerprint density at radius 2 is 2.32 bits per heavy atom. The van der Waals surface area contributed by atoms with Gasteiger partial charge in [0, 0.05) is 12.0 Å². The number of hydrogen-bond donors (Lipinski definition) is 2. The van der Waals surface area contributed by atoms with Crippen LogP contribution in [0.15, 0.2) is 18.3 Å². The summed E-state index contributed by atoms with van der Waals surface area (Å²) in [5.41, 5.74) is 5.19. The molecule has 1 aromatic rings. The lowest BCUT2D eigenvalue weighted by Gasteiger charge is -2.47. The van der Waals surface area contributed by atoms with Crippen LogP contribution in [0.5, 0.6) is 0 Å². The molecule has 0 amide bonds. The van der Waals surface area contributed by atoms with Crippen LogP contribution < -0.4 is 5.73 Å². The molecule has 2 saturated carbocycles. The molecule has 0 aliphatic heterocycles. The molecule has 3 nitrogen and oxygen atoms in total. The molecule has 3 N–H and O–H groups in total. The smallest absolute Gasteiger partial charge is 0.141 e. The predicted octanol–water partition coefficient (Wildman–Crippen LogP) is 2.19. The highest BCUT2D eigenvalue weighted by molar-refractivity contribution is 5.21. The van der Waals surface area contributed by atoms with Crippen LogP contribution in [0.3, 0.4) is 0 Å². The van der Waals surface area contributed by atoms with Crippen molar-refractivity contribution in [2.24, 2.45) is 23.0 Å². The summed E-state index contributed by atoms with van der Waals surface area (Å²) in [6.45, 7) is 2.25. The van der Waals surface area contributed by atoms with Crippen LogP contribution in [0.25, 0.3) is 0 Å². The van der Waals surface area contributed by atoms with Crippen LogP contribution in [0, 0.1) is 23.1 Å². The van der Waals surface area contributed by atoms with Crippen molar-refractivity contribution in [3.63, 3.8) is 0 Å². The second-order valence-corrected chi connectivity index (χ2v) is 6.37. The summed E-state index contributed by atoms with van der Waals surface area (Å²) in [6.07, 6.45) is 5.68. The second-order valence-electron chi connectivity index (χ2n) is 6.37. The predicted molar refractivity (Wildman–Crippen MR) is 70.7 cm³/mol. The zero-order valence-electron chi connectivity index (χ0n) is 11.3. The Morgan fingerprint density at radius 3 is 2.79 bits per heavy atom. The van der Waals surface area contributed by atoms with Gasteiger partial charge in [-0.1, -0.05) is 6.42 Å². The minimum atomic E-state index is -1.09. The number of aliphatic hydroxyl groups is 1. The first-order chi connectivity index (χ1) is 8.99. The van der Waals surface area contributed by atoms with Gasteiger partial charge in [-0.15, -0.1) is 0 Å². The highest BCUT2D eigenvalue weighted by Gasteiger charge is 2.59. The Balaban J connectivity index is 2.00. The van der Waals surface area contributed by atoms with E-state index in [2.05, 4.69) is 4.98 Å². The van der Waals surface area contributed by atoms with Gasteiger partial charge in [0.05, 0.1) is 11.9 Å². The average Bonchev–Trinajstić information content (AvgIpc) is 3.00. The normalized spacial score (nSPS) is 36.4. The summed E-state index contributed by atoms with van der Waals surface area (Å²) in [5, 5.41) is 11.1. The molecule has 19 heavy (non-hydrogen) atoms. The number of nitrogens with two attached hydrogens (primary N) is 1. The Labute approximate surface area is 113 Å². The van der Waals surface area contributed by atoms with Crippen LogP contribution in [0.2, 0.25) is 0 Å². The first kappa shape index (κ1) is 13.0. The Morgan fingerprint density at radius 1 is 1.53 bits per heavy atom. The van der Waals surface area contributed by atoms with Gasteiger partial charge in [-0.3, -0.25) is 4.98 Å². The maximum Gasteiger partial charge on any atom is 0.141 e. The van der Waals surface area contributed by atoms with Crippen molar-refractivity contribution in [2.45, 2.75) is 38.2 Å². The van der Waals surface area contributed by atoms with E-state index in [-0.39, 0.29) is 11.2 Å². The third kappa shape index (κ3) is 1.73. The molecule has 2 bridgehead atoms. The molecule has 4 heteroatoms. The van der Waals surface area contributed by atoms with Crippen LogP contribution in [0.1, 0.15) is 38.3 Å². The van der Waals surface area contributed by atoms with Crippen molar-refractivity contribution < 1.29 is 9.50 Å². The maximum absolute atomic E-state index is 13.0. The number of fused-ring (bicyclic) bond motifs is 2. The maximum atomic E-state index is 13.0. The van der Waals surface area contributed by atoms with Crippen molar-refractivity contribution in [1.82, 2.24) is 4.98 Å². The van der Waals surface area contributed by atoms with Gasteiger partial charge in [-0.25, -0.2) is 4.39 Å². The van der Waals surface area contributed by atoms with Crippen LogP contribution in [0.4, 0.5) is 4.39 Å². The van der Waals surface area contributed by atoms with E-state index in [0.717, 1.165) is 19.3 Å². The highest BCUT2D eigenvalue weighted by atomic mass is 19.1. The minimum absolute atomic E-state index is 0.305.